The number of rotatable bonds is 1. The SMILES string of the molecule is Cc1cc(C)c(C2C(=O)CC3(CCSCC3)CC2=O)c(C)c1. The predicted molar refractivity (Wildman–Crippen MR) is 91.6 cm³/mol. The number of ketones is 2. The summed E-state index contributed by atoms with van der Waals surface area (Å²) < 4.78 is 0. The van der Waals surface area contributed by atoms with Gasteiger partial charge in [0, 0.05) is 12.8 Å². The van der Waals surface area contributed by atoms with E-state index >= 15 is 0 Å². The van der Waals surface area contributed by atoms with Crippen LogP contribution in [-0.4, -0.2) is 23.1 Å². The van der Waals surface area contributed by atoms with Gasteiger partial charge in [-0.15, -0.1) is 0 Å². The largest absolute Gasteiger partial charge is 0.299 e. The van der Waals surface area contributed by atoms with Gasteiger partial charge in [-0.3, -0.25) is 9.59 Å². The first-order valence-corrected chi connectivity index (χ1v) is 9.28. The van der Waals surface area contributed by atoms with Crippen molar-refractivity contribution in [2.24, 2.45) is 5.41 Å². The Hall–Kier alpha value is -1.09. The molecule has 1 saturated carbocycles. The van der Waals surface area contributed by atoms with Gasteiger partial charge in [0.15, 0.2) is 0 Å². The van der Waals surface area contributed by atoms with Crippen LogP contribution in [0.1, 0.15) is 53.9 Å². The van der Waals surface area contributed by atoms with Crippen LogP contribution in [0.3, 0.4) is 0 Å². The Bertz CT molecular complexity index is 583. The molecule has 0 bridgehead atoms. The molecular formula is C19H24O2S. The Balaban J connectivity index is 1.94. The first-order valence-electron chi connectivity index (χ1n) is 8.13. The van der Waals surface area contributed by atoms with Crippen LogP contribution in [0.25, 0.3) is 0 Å². The minimum Gasteiger partial charge on any atom is -0.299 e. The van der Waals surface area contributed by atoms with E-state index in [9.17, 15) is 9.59 Å². The molecule has 0 atom stereocenters. The summed E-state index contributed by atoms with van der Waals surface area (Å²) in [7, 11) is 0. The second kappa shape index (κ2) is 5.84. The zero-order chi connectivity index (χ0) is 15.9. The third-order valence-corrected chi connectivity index (χ3v) is 6.31. The number of hydrogen-bond acceptors (Lipinski definition) is 3. The van der Waals surface area contributed by atoms with Crippen molar-refractivity contribution >= 4 is 23.3 Å². The Morgan fingerprint density at radius 3 is 1.95 bits per heavy atom. The molecule has 0 amide bonds. The zero-order valence-electron chi connectivity index (χ0n) is 13.7. The quantitative estimate of drug-likeness (QED) is 0.730. The number of aryl methyl sites for hydroxylation is 3. The average molecular weight is 316 g/mol. The fourth-order valence-corrected chi connectivity index (χ4v) is 5.67. The number of benzene rings is 1. The van der Waals surface area contributed by atoms with Gasteiger partial charge in [0.25, 0.3) is 0 Å². The van der Waals surface area contributed by atoms with E-state index in [4.69, 9.17) is 0 Å². The molecule has 1 spiro atoms. The molecule has 118 valence electrons. The van der Waals surface area contributed by atoms with Crippen LogP contribution in [0.15, 0.2) is 12.1 Å². The summed E-state index contributed by atoms with van der Waals surface area (Å²) in [5.41, 5.74) is 4.30. The average Bonchev–Trinajstić information content (AvgIpc) is 2.41. The van der Waals surface area contributed by atoms with Crippen LogP contribution < -0.4 is 0 Å². The van der Waals surface area contributed by atoms with Crippen LogP contribution in [0.4, 0.5) is 0 Å². The topological polar surface area (TPSA) is 34.1 Å². The van der Waals surface area contributed by atoms with Crippen molar-refractivity contribution in [3.63, 3.8) is 0 Å². The molecule has 2 nitrogen and oxygen atoms in total. The first-order chi connectivity index (χ1) is 10.4. The number of thioether (sulfide) groups is 1. The van der Waals surface area contributed by atoms with Gasteiger partial charge >= 0.3 is 0 Å². The molecule has 2 fully saturated rings. The first kappa shape index (κ1) is 15.8. The molecule has 3 heteroatoms. The van der Waals surface area contributed by atoms with Gasteiger partial charge < -0.3 is 0 Å². The zero-order valence-corrected chi connectivity index (χ0v) is 14.5. The lowest BCUT2D eigenvalue weighted by atomic mass is 9.64. The third kappa shape index (κ3) is 2.76. The van der Waals surface area contributed by atoms with Gasteiger partial charge in [0.1, 0.15) is 17.5 Å². The Morgan fingerprint density at radius 2 is 1.45 bits per heavy atom. The Kier molecular flexibility index (Phi) is 4.19. The molecule has 1 heterocycles. The number of Topliss-reactive ketones (excluding diaryl/α,β-unsaturated/α-hetero) is 2. The summed E-state index contributed by atoms with van der Waals surface area (Å²) in [6.45, 7) is 6.11. The highest BCUT2D eigenvalue weighted by Gasteiger charge is 2.46. The van der Waals surface area contributed by atoms with Gasteiger partial charge in [-0.25, -0.2) is 0 Å². The summed E-state index contributed by atoms with van der Waals surface area (Å²) in [4.78, 5) is 25.7. The van der Waals surface area contributed by atoms with Crippen molar-refractivity contribution in [3.8, 4) is 0 Å². The van der Waals surface area contributed by atoms with Crippen molar-refractivity contribution in [3.05, 3.63) is 34.4 Å². The lowest BCUT2D eigenvalue weighted by Crippen LogP contribution is -2.41. The van der Waals surface area contributed by atoms with Gasteiger partial charge in [0.05, 0.1) is 0 Å². The van der Waals surface area contributed by atoms with E-state index in [-0.39, 0.29) is 17.0 Å². The van der Waals surface area contributed by atoms with Gasteiger partial charge in [0.2, 0.25) is 0 Å². The molecule has 1 aliphatic heterocycles. The molecule has 1 aromatic rings. The van der Waals surface area contributed by atoms with E-state index in [0.717, 1.165) is 41.0 Å². The normalized spacial score (nSPS) is 22.3. The smallest absolute Gasteiger partial charge is 0.148 e. The van der Waals surface area contributed by atoms with Gasteiger partial charge in [-0.2, -0.15) is 11.8 Å². The Morgan fingerprint density at radius 1 is 0.955 bits per heavy atom. The minimum atomic E-state index is -0.513. The van der Waals surface area contributed by atoms with Gasteiger partial charge in [-0.05, 0) is 67.2 Å². The van der Waals surface area contributed by atoms with E-state index in [1.807, 2.05) is 25.6 Å². The van der Waals surface area contributed by atoms with Crippen molar-refractivity contribution in [2.45, 2.75) is 52.4 Å². The monoisotopic (exact) mass is 316 g/mol. The van der Waals surface area contributed by atoms with E-state index in [1.54, 1.807) is 0 Å². The number of hydrogen-bond donors (Lipinski definition) is 0. The van der Waals surface area contributed by atoms with Crippen molar-refractivity contribution < 1.29 is 9.59 Å². The van der Waals surface area contributed by atoms with E-state index in [0.29, 0.717) is 12.8 Å². The van der Waals surface area contributed by atoms with Crippen LogP contribution in [0, 0.1) is 26.2 Å². The maximum Gasteiger partial charge on any atom is 0.148 e. The molecule has 2 aliphatic rings. The summed E-state index contributed by atoms with van der Waals surface area (Å²) in [6.07, 6.45) is 3.23. The molecule has 1 aliphatic carbocycles. The summed E-state index contributed by atoms with van der Waals surface area (Å²) in [5.74, 6) is 1.97. The van der Waals surface area contributed by atoms with Crippen LogP contribution in [0.5, 0.6) is 0 Å². The van der Waals surface area contributed by atoms with Crippen LogP contribution >= 0.6 is 11.8 Å². The molecule has 0 unspecified atom stereocenters. The molecule has 0 aromatic heterocycles. The molecule has 3 rings (SSSR count). The van der Waals surface area contributed by atoms with E-state index in [1.165, 1.54) is 5.56 Å². The lowest BCUT2D eigenvalue weighted by Gasteiger charge is -2.41. The molecular weight excluding hydrogens is 292 g/mol. The maximum absolute atomic E-state index is 12.8. The molecule has 1 saturated heterocycles. The fraction of sp³-hybridized carbons (Fsp3) is 0.579. The lowest BCUT2D eigenvalue weighted by molar-refractivity contribution is -0.137. The highest BCUT2D eigenvalue weighted by atomic mass is 32.2. The second-order valence-corrected chi connectivity index (χ2v) is 8.37. The summed E-state index contributed by atoms with van der Waals surface area (Å²) in [5, 5.41) is 0. The second-order valence-electron chi connectivity index (χ2n) is 7.14. The molecule has 22 heavy (non-hydrogen) atoms. The maximum atomic E-state index is 12.8. The highest BCUT2D eigenvalue weighted by molar-refractivity contribution is 7.99. The van der Waals surface area contributed by atoms with E-state index < -0.39 is 5.92 Å². The Labute approximate surface area is 137 Å². The van der Waals surface area contributed by atoms with Crippen LogP contribution in [-0.2, 0) is 9.59 Å². The van der Waals surface area contributed by atoms with E-state index in [2.05, 4.69) is 19.1 Å². The number of carbonyl (C=O) groups is 2. The summed E-state index contributed by atoms with van der Waals surface area (Å²) >= 11 is 1.95. The minimum absolute atomic E-state index is 0.0254. The molecule has 0 N–H and O–H groups in total. The van der Waals surface area contributed by atoms with Crippen molar-refractivity contribution in [1.29, 1.82) is 0 Å². The molecule has 1 aromatic carbocycles. The van der Waals surface area contributed by atoms with Crippen molar-refractivity contribution in [1.82, 2.24) is 0 Å². The van der Waals surface area contributed by atoms with Crippen LogP contribution in [0.2, 0.25) is 0 Å². The molecule has 0 radical (unpaired) electrons. The fourth-order valence-electron chi connectivity index (χ4n) is 4.31. The standard InChI is InChI=1S/C19H24O2S/c1-12-8-13(2)17(14(3)9-12)18-15(20)10-19(11-16(18)21)4-6-22-7-5-19/h8-9,18H,4-7,10-11H2,1-3H3. The predicted octanol–water partition coefficient (Wildman–Crippen LogP) is 4.14. The third-order valence-electron chi connectivity index (χ3n) is 5.32. The highest BCUT2D eigenvalue weighted by Crippen LogP contribution is 2.48. The van der Waals surface area contributed by atoms with Gasteiger partial charge in [-0.1, -0.05) is 17.7 Å². The summed E-state index contributed by atoms with van der Waals surface area (Å²) in [6, 6.07) is 4.18. The van der Waals surface area contributed by atoms with Crippen molar-refractivity contribution in [2.75, 3.05) is 11.5 Å². The number of carbonyl (C=O) groups excluding carboxylic acids is 2.